The number of esters is 1. The van der Waals surface area contributed by atoms with Crippen molar-refractivity contribution in [1.82, 2.24) is 16.0 Å². The summed E-state index contributed by atoms with van der Waals surface area (Å²) < 4.78 is 25.9. The monoisotopic (exact) mass is 519 g/mol. The van der Waals surface area contributed by atoms with E-state index >= 15 is 0 Å². The normalized spacial score (nSPS) is 11.9. The molecule has 0 radical (unpaired) electrons. The molecule has 12 nitrogen and oxygen atoms in total. The van der Waals surface area contributed by atoms with Crippen LogP contribution in [0.4, 0.5) is 4.79 Å². The SMILES string of the molecule is CCCCOCCOCCOCCCNC(=O)CCC(NC(=O)OC(C)(C)C)C(=O)NCC(=O)OC. The highest BCUT2D eigenvalue weighted by atomic mass is 16.6. The van der Waals surface area contributed by atoms with Gasteiger partial charge < -0.3 is 39.6 Å². The lowest BCUT2D eigenvalue weighted by molar-refractivity contribution is -0.141. The Morgan fingerprint density at radius 2 is 1.42 bits per heavy atom. The molecule has 3 N–H and O–H groups in total. The Morgan fingerprint density at radius 1 is 0.833 bits per heavy atom. The van der Waals surface area contributed by atoms with E-state index in [4.69, 9.17) is 18.9 Å². The summed E-state index contributed by atoms with van der Waals surface area (Å²) in [4.78, 5) is 47.9. The van der Waals surface area contributed by atoms with Crippen molar-refractivity contribution < 1.29 is 42.9 Å². The van der Waals surface area contributed by atoms with Gasteiger partial charge in [-0.1, -0.05) is 13.3 Å². The number of methoxy groups -OCH3 is 1. The molecule has 0 aliphatic carbocycles. The molecule has 36 heavy (non-hydrogen) atoms. The van der Waals surface area contributed by atoms with Gasteiger partial charge in [-0.3, -0.25) is 14.4 Å². The van der Waals surface area contributed by atoms with Crippen molar-refractivity contribution in [3.8, 4) is 0 Å². The molecule has 0 aliphatic heterocycles. The molecular formula is C24H45N3O9. The Kier molecular flexibility index (Phi) is 19.3. The van der Waals surface area contributed by atoms with E-state index < -0.39 is 29.6 Å². The van der Waals surface area contributed by atoms with Crippen LogP contribution >= 0.6 is 0 Å². The maximum atomic E-state index is 12.4. The van der Waals surface area contributed by atoms with Crippen LogP contribution in [0.2, 0.25) is 0 Å². The summed E-state index contributed by atoms with van der Waals surface area (Å²) in [6.45, 7) is 10.5. The smallest absolute Gasteiger partial charge is 0.408 e. The van der Waals surface area contributed by atoms with Gasteiger partial charge in [-0.2, -0.15) is 0 Å². The van der Waals surface area contributed by atoms with E-state index in [9.17, 15) is 19.2 Å². The highest BCUT2D eigenvalue weighted by molar-refractivity contribution is 5.88. The molecule has 0 heterocycles. The molecule has 0 spiro atoms. The van der Waals surface area contributed by atoms with Crippen LogP contribution in [0, 0.1) is 0 Å². The minimum atomic E-state index is -1.06. The second kappa shape index (κ2) is 20.7. The van der Waals surface area contributed by atoms with Gasteiger partial charge in [0.25, 0.3) is 0 Å². The Hall–Kier alpha value is -2.44. The number of unbranched alkanes of at least 4 members (excludes halogenated alkanes) is 1. The van der Waals surface area contributed by atoms with E-state index in [0.29, 0.717) is 46.0 Å². The molecule has 12 heteroatoms. The van der Waals surface area contributed by atoms with Crippen LogP contribution in [0.5, 0.6) is 0 Å². The third-order valence-electron chi connectivity index (χ3n) is 4.48. The van der Waals surface area contributed by atoms with Crippen molar-refractivity contribution in [3.05, 3.63) is 0 Å². The average molecular weight is 520 g/mol. The zero-order chi connectivity index (χ0) is 27.2. The van der Waals surface area contributed by atoms with Crippen molar-refractivity contribution in [2.45, 2.75) is 71.4 Å². The highest BCUT2D eigenvalue weighted by Gasteiger charge is 2.25. The van der Waals surface area contributed by atoms with Crippen LogP contribution in [-0.2, 0) is 38.1 Å². The second-order valence-electron chi connectivity index (χ2n) is 8.93. The fraction of sp³-hybridized carbons (Fsp3) is 0.833. The fourth-order valence-electron chi connectivity index (χ4n) is 2.63. The summed E-state index contributed by atoms with van der Waals surface area (Å²) in [5, 5.41) is 7.56. The number of hydrogen-bond acceptors (Lipinski definition) is 9. The molecular weight excluding hydrogens is 474 g/mol. The molecule has 210 valence electrons. The van der Waals surface area contributed by atoms with Gasteiger partial charge in [0.05, 0.1) is 33.5 Å². The minimum Gasteiger partial charge on any atom is -0.468 e. The average Bonchev–Trinajstić information content (AvgIpc) is 2.81. The number of carbonyl (C=O) groups excluding carboxylic acids is 4. The van der Waals surface area contributed by atoms with E-state index in [2.05, 4.69) is 27.6 Å². The Bertz CT molecular complexity index is 639. The van der Waals surface area contributed by atoms with E-state index in [-0.39, 0.29) is 25.3 Å². The van der Waals surface area contributed by atoms with E-state index in [1.165, 1.54) is 7.11 Å². The maximum Gasteiger partial charge on any atom is 0.408 e. The molecule has 0 saturated heterocycles. The van der Waals surface area contributed by atoms with E-state index in [1.807, 2.05) is 0 Å². The largest absolute Gasteiger partial charge is 0.468 e. The van der Waals surface area contributed by atoms with E-state index in [0.717, 1.165) is 19.4 Å². The number of amides is 3. The molecule has 0 saturated carbocycles. The quantitative estimate of drug-likeness (QED) is 0.160. The van der Waals surface area contributed by atoms with Crippen LogP contribution in [0.1, 0.15) is 59.8 Å². The summed E-state index contributed by atoms with van der Waals surface area (Å²) in [6.07, 6.45) is 1.98. The minimum absolute atomic E-state index is 0.0128. The van der Waals surface area contributed by atoms with Gasteiger partial charge in [0, 0.05) is 26.2 Å². The van der Waals surface area contributed by atoms with Crippen LogP contribution in [0.3, 0.4) is 0 Å². The number of carbonyl (C=O) groups is 4. The van der Waals surface area contributed by atoms with Crippen molar-refractivity contribution in [3.63, 3.8) is 0 Å². The standard InChI is InChI=1S/C24H45N3O9/c1-6-7-12-33-14-16-35-17-15-34-13-8-11-25-20(28)10-9-19(22(30)26-18-21(29)32-5)27-23(31)36-24(2,3)4/h19H,6-18H2,1-5H3,(H,25,28)(H,26,30)(H,27,31). The first kappa shape index (κ1) is 33.6. The molecule has 0 aromatic carbocycles. The first-order valence-electron chi connectivity index (χ1n) is 12.4. The van der Waals surface area contributed by atoms with Crippen molar-refractivity contribution >= 4 is 23.9 Å². The summed E-state index contributed by atoms with van der Waals surface area (Å²) in [5.41, 5.74) is -0.759. The maximum absolute atomic E-state index is 12.4. The van der Waals surface area contributed by atoms with Crippen LogP contribution < -0.4 is 16.0 Å². The summed E-state index contributed by atoms with van der Waals surface area (Å²) in [7, 11) is 1.19. The van der Waals surface area contributed by atoms with Gasteiger partial charge in [0.2, 0.25) is 11.8 Å². The van der Waals surface area contributed by atoms with Gasteiger partial charge >= 0.3 is 12.1 Å². The van der Waals surface area contributed by atoms with Crippen LogP contribution in [-0.4, -0.2) is 95.4 Å². The fourth-order valence-corrected chi connectivity index (χ4v) is 2.63. The van der Waals surface area contributed by atoms with Gasteiger partial charge in [-0.25, -0.2) is 4.79 Å². The highest BCUT2D eigenvalue weighted by Crippen LogP contribution is 2.08. The Morgan fingerprint density at radius 3 is 1.97 bits per heavy atom. The summed E-state index contributed by atoms with van der Waals surface area (Å²) >= 11 is 0. The molecule has 0 aliphatic rings. The molecule has 0 aromatic heterocycles. The molecule has 0 fully saturated rings. The number of ether oxygens (including phenoxy) is 5. The van der Waals surface area contributed by atoms with Gasteiger partial charge in [-0.15, -0.1) is 0 Å². The molecule has 1 unspecified atom stereocenters. The second-order valence-corrected chi connectivity index (χ2v) is 8.93. The lowest BCUT2D eigenvalue weighted by atomic mass is 10.1. The lowest BCUT2D eigenvalue weighted by Gasteiger charge is -2.23. The van der Waals surface area contributed by atoms with Crippen molar-refractivity contribution in [2.24, 2.45) is 0 Å². The first-order valence-corrected chi connectivity index (χ1v) is 12.4. The molecule has 0 aromatic rings. The first-order chi connectivity index (χ1) is 17.1. The van der Waals surface area contributed by atoms with E-state index in [1.54, 1.807) is 20.8 Å². The van der Waals surface area contributed by atoms with Crippen molar-refractivity contribution in [1.29, 1.82) is 0 Å². The van der Waals surface area contributed by atoms with Crippen LogP contribution in [0.15, 0.2) is 0 Å². The topological polar surface area (TPSA) is 151 Å². The van der Waals surface area contributed by atoms with Crippen LogP contribution in [0.25, 0.3) is 0 Å². The predicted octanol–water partition coefficient (Wildman–Crippen LogP) is 1.31. The molecule has 0 bridgehead atoms. The van der Waals surface area contributed by atoms with Gasteiger partial charge in [0.15, 0.2) is 0 Å². The summed E-state index contributed by atoms with van der Waals surface area (Å²) in [6, 6.07) is -1.06. The summed E-state index contributed by atoms with van der Waals surface area (Å²) in [5.74, 6) is -1.54. The number of rotatable bonds is 20. The van der Waals surface area contributed by atoms with Crippen molar-refractivity contribution in [2.75, 3.05) is 59.8 Å². The zero-order valence-corrected chi connectivity index (χ0v) is 22.4. The number of hydrogen-bond donors (Lipinski definition) is 3. The predicted molar refractivity (Wildman–Crippen MR) is 132 cm³/mol. The third kappa shape index (κ3) is 20.9. The molecule has 3 amide bonds. The molecule has 0 rings (SSSR count). The Labute approximate surface area is 214 Å². The molecule has 1 atom stereocenters. The lowest BCUT2D eigenvalue weighted by Crippen LogP contribution is -2.49. The number of nitrogens with one attached hydrogen (secondary N) is 3. The van der Waals surface area contributed by atoms with Gasteiger partial charge in [-0.05, 0) is 40.0 Å². The zero-order valence-electron chi connectivity index (χ0n) is 22.4. The number of alkyl carbamates (subject to hydrolysis) is 1. The van der Waals surface area contributed by atoms with Gasteiger partial charge in [0.1, 0.15) is 18.2 Å². The Balaban J connectivity index is 4.15. The third-order valence-corrected chi connectivity index (χ3v) is 4.48.